The van der Waals surface area contributed by atoms with Gasteiger partial charge in [0.15, 0.2) is 0 Å². The van der Waals surface area contributed by atoms with Crippen LogP contribution in [-0.2, 0) is 17.9 Å². The van der Waals surface area contributed by atoms with Crippen molar-refractivity contribution in [3.63, 3.8) is 0 Å². The van der Waals surface area contributed by atoms with E-state index in [0.717, 1.165) is 11.1 Å². The Bertz CT molecular complexity index is 1230. The summed E-state index contributed by atoms with van der Waals surface area (Å²) < 4.78 is 1.87. The molecule has 0 saturated carbocycles. The van der Waals surface area contributed by atoms with Crippen molar-refractivity contribution in [2.24, 2.45) is 0 Å². The van der Waals surface area contributed by atoms with Gasteiger partial charge in [-0.15, -0.1) is 0 Å². The molecule has 0 saturated heterocycles. The van der Waals surface area contributed by atoms with Gasteiger partial charge in [0.1, 0.15) is 11.6 Å². The van der Waals surface area contributed by atoms with Crippen LogP contribution < -0.4 is 16.0 Å². The van der Waals surface area contributed by atoms with Gasteiger partial charge in [0.05, 0.1) is 6.54 Å². The number of nitrogens with one attached hydrogen (secondary N) is 3. The number of rotatable bonds is 9. The molecule has 0 fully saturated rings. The first-order valence-electron chi connectivity index (χ1n) is 10.3. The molecule has 1 amide bonds. The Balaban J connectivity index is 1.42. The lowest BCUT2D eigenvalue weighted by Gasteiger charge is -2.12. The highest BCUT2D eigenvalue weighted by Crippen LogP contribution is 2.16. The van der Waals surface area contributed by atoms with Gasteiger partial charge in [-0.3, -0.25) is 4.79 Å². The minimum atomic E-state index is -0.162. The predicted octanol–water partition coefficient (Wildman–Crippen LogP) is 4.91. The molecule has 7 nitrogen and oxygen atoms in total. The number of anilines is 2. The van der Waals surface area contributed by atoms with E-state index in [1.807, 2.05) is 71.6 Å². The molecule has 0 aliphatic heterocycles. The first-order valence-corrected chi connectivity index (χ1v) is 11.1. The molecule has 0 spiro atoms. The summed E-state index contributed by atoms with van der Waals surface area (Å²) in [5, 5.41) is 10.5. The lowest BCUT2D eigenvalue weighted by molar-refractivity contribution is -0.119. The second kappa shape index (κ2) is 10.8. The lowest BCUT2D eigenvalue weighted by Crippen LogP contribution is -2.29. The minimum Gasteiger partial charge on any atom is -0.361 e. The molecule has 168 valence electrons. The molecule has 9 heteroatoms. The second-order valence-electron chi connectivity index (χ2n) is 7.27. The number of carbonyl (C=O) groups excluding carboxylic acids is 1. The number of halogens is 2. The molecular weight excluding hydrogens is 459 g/mol. The summed E-state index contributed by atoms with van der Waals surface area (Å²) in [5.74, 6) is 1.47. The van der Waals surface area contributed by atoms with E-state index in [0.29, 0.717) is 40.7 Å². The molecule has 0 radical (unpaired) electrons. The molecule has 33 heavy (non-hydrogen) atoms. The number of carbonyl (C=O) groups is 1. The van der Waals surface area contributed by atoms with Gasteiger partial charge >= 0.3 is 0 Å². The molecule has 4 rings (SSSR count). The van der Waals surface area contributed by atoms with E-state index in [2.05, 4.69) is 25.9 Å². The first kappa shape index (κ1) is 22.6. The molecule has 2 aromatic carbocycles. The highest BCUT2D eigenvalue weighted by Gasteiger charge is 2.08. The molecular formula is C24H22Cl2N6O. The van der Waals surface area contributed by atoms with E-state index in [-0.39, 0.29) is 12.5 Å². The van der Waals surface area contributed by atoms with Gasteiger partial charge in [0, 0.05) is 41.6 Å². The van der Waals surface area contributed by atoms with Crippen LogP contribution in [0.4, 0.5) is 11.8 Å². The fourth-order valence-electron chi connectivity index (χ4n) is 3.13. The van der Waals surface area contributed by atoms with Crippen LogP contribution in [-0.4, -0.2) is 27.0 Å². The zero-order valence-corrected chi connectivity index (χ0v) is 19.1. The van der Waals surface area contributed by atoms with Crippen molar-refractivity contribution in [2.75, 3.05) is 17.2 Å². The Hall–Kier alpha value is -3.55. The summed E-state index contributed by atoms with van der Waals surface area (Å²) in [6.45, 7) is 0.970. The molecule has 0 unspecified atom stereocenters. The van der Waals surface area contributed by atoms with Crippen LogP contribution in [0.2, 0.25) is 10.0 Å². The highest BCUT2D eigenvalue weighted by molar-refractivity contribution is 6.30. The third-order valence-corrected chi connectivity index (χ3v) is 5.20. The van der Waals surface area contributed by atoms with Gasteiger partial charge < -0.3 is 20.5 Å². The lowest BCUT2D eigenvalue weighted by atomic mass is 10.2. The van der Waals surface area contributed by atoms with Gasteiger partial charge in [-0.2, -0.15) is 9.97 Å². The zero-order valence-electron chi connectivity index (χ0n) is 17.6. The van der Waals surface area contributed by atoms with E-state index in [9.17, 15) is 4.79 Å². The van der Waals surface area contributed by atoms with E-state index in [1.165, 1.54) is 0 Å². The van der Waals surface area contributed by atoms with Crippen molar-refractivity contribution in [3.8, 4) is 5.82 Å². The van der Waals surface area contributed by atoms with Gasteiger partial charge in [-0.25, -0.2) is 0 Å². The summed E-state index contributed by atoms with van der Waals surface area (Å²) in [6.07, 6.45) is 3.79. The maximum atomic E-state index is 12.3. The average Bonchev–Trinajstić information content (AvgIpc) is 3.35. The number of benzene rings is 2. The Morgan fingerprint density at radius 1 is 0.818 bits per heavy atom. The first-order chi connectivity index (χ1) is 16.0. The Morgan fingerprint density at radius 2 is 1.48 bits per heavy atom. The van der Waals surface area contributed by atoms with Crippen molar-refractivity contribution in [2.45, 2.75) is 13.1 Å². The molecule has 0 atom stereocenters. The van der Waals surface area contributed by atoms with Crippen molar-refractivity contribution in [1.29, 1.82) is 0 Å². The van der Waals surface area contributed by atoms with Crippen LogP contribution in [0.25, 0.3) is 5.82 Å². The predicted molar refractivity (Wildman–Crippen MR) is 132 cm³/mol. The quantitative estimate of drug-likeness (QED) is 0.316. The van der Waals surface area contributed by atoms with E-state index in [1.54, 1.807) is 12.1 Å². The Kier molecular flexibility index (Phi) is 7.44. The number of aromatic nitrogens is 3. The second-order valence-corrected chi connectivity index (χ2v) is 8.14. The fraction of sp³-hybridized carbons (Fsp3) is 0.125. The molecule has 3 N–H and O–H groups in total. The topological polar surface area (TPSA) is 83.9 Å². The van der Waals surface area contributed by atoms with E-state index >= 15 is 0 Å². The van der Waals surface area contributed by atoms with E-state index < -0.39 is 0 Å². The number of amides is 1. The van der Waals surface area contributed by atoms with Crippen LogP contribution >= 0.6 is 23.2 Å². The van der Waals surface area contributed by atoms with Crippen molar-refractivity contribution < 1.29 is 4.79 Å². The van der Waals surface area contributed by atoms with Crippen LogP contribution in [0, 0.1) is 0 Å². The number of nitrogens with zero attached hydrogens (tertiary/aromatic N) is 3. The van der Waals surface area contributed by atoms with Crippen LogP contribution in [0.1, 0.15) is 11.1 Å². The van der Waals surface area contributed by atoms with Crippen molar-refractivity contribution in [3.05, 3.63) is 100 Å². The average molecular weight is 481 g/mol. The maximum absolute atomic E-state index is 12.3. The van der Waals surface area contributed by atoms with Gasteiger partial charge in [0.25, 0.3) is 0 Å². The largest absolute Gasteiger partial charge is 0.361 e. The third-order valence-electron chi connectivity index (χ3n) is 4.73. The van der Waals surface area contributed by atoms with Crippen LogP contribution in [0.3, 0.4) is 0 Å². The van der Waals surface area contributed by atoms with Crippen LogP contribution in [0.5, 0.6) is 0 Å². The molecule has 0 bridgehead atoms. The summed E-state index contributed by atoms with van der Waals surface area (Å²) >= 11 is 12.1. The summed E-state index contributed by atoms with van der Waals surface area (Å²) in [7, 11) is 0. The fourth-order valence-corrected chi connectivity index (χ4v) is 3.56. The SMILES string of the molecule is O=C(CNc1cc(-n2cccc2)nc(NCc2cccc(Cl)c2)n1)NCc1cccc(Cl)c1. The van der Waals surface area contributed by atoms with Crippen LogP contribution in [0.15, 0.2) is 79.1 Å². The summed E-state index contributed by atoms with van der Waals surface area (Å²) in [6, 6.07) is 20.6. The van der Waals surface area contributed by atoms with Crippen molar-refractivity contribution in [1.82, 2.24) is 19.9 Å². The van der Waals surface area contributed by atoms with E-state index in [4.69, 9.17) is 23.2 Å². The number of hydrogen-bond acceptors (Lipinski definition) is 5. The molecule has 4 aromatic rings. The Morgan fingerprint density at radius 3 is 2.15 bits per heavy atom. The van der Waals surface area contributed by atoms with Crippen molar-refractivity contribution >= 4 is 40.9 Å². The highest BCUT2D eigenvalue weighted by atomic mass is 35.5. The Labute approximate surface area is 201 Å². The monoisotopic (exact) mass is 480 g/mol. The molecule has 0 aliphatic rings. The van der Waals surface area contributed by atoms with Gasteiger partial charge in [0.2, 0.25) is 11.9 Å². The molecule has 2 heterocycles. The minimum absolute atomic E-state index is 0.0659. The standard InChI is InChI=1S/C24H22Cl2N6O/c25-19-7-3-5-17(11-19)14-28-23(33)16-27-21-13-22(32-9-1-2-10-32)31-24(30-21)29-15-18-6-4-8-20(26)12-18/h1-13H,14-16H2,(H,28,33)(H2,27,29,30,31). The van der Waals surface area contributed by atoms with Gasteiger partial charge in [-0.1, -0.05) is 47.5 Å². The summed E-state index contributed by atoms with van der Waals surface area (Å²) in [4.78, 5) is 21.4. The zero-order chi connectivity index (χ0) is 23.0. The maximum Gasteiger partial charge on any atom is 0.239 e. The number of hydrogen-bond donors (Lipinski definition) is 3. The molecule has 0 aliphatic carbocycles. The smallest absolute Gasteiger partial charge is 0.239 e. The summed E-state index contributed by atoms with van der Waals surface area (Å²) in [5.41, 5.74) is 1.94. The van der Waals surface area contributed by atoms with Gasteiger partial charge in [-0.05, 0) is 47.5 Å². The molecule has 2 aromatic heterocycles. The third kappa shape index (κ3) is 6.71. The normalized spacial score (nSPS) is 10.6.